The van der Waals surface area contributed by atoms with E-state index >= 15 is 0 Å². The second kappa shape index (κ2) is 29.6. The number of hydrogen-bond donors (Lipinski definition) is 4. The van der Waals surface area contributed by atoms with Crippen molar-refractivity contribution in [2.75, 3.05) is 26.0 Å². The Morgan fingerprint density at radius 3 is 1.51 bits per heavy atom. The van der Waals surface area contributed by atoms with Crippen LogP contribution in [-0.4, -0.2) is 82.1 Å². The van der Waals surface area contributed by atoms with Crippen LogP contribution < -0.4 is 9.79 Å². The normalized spacial score (nSPS) is 14.5. The lowest BCUT2D eigenvalue weighted by molar-refractivity contribution is -0.222. The van der Waals surface area contributed by atoms with E-state index in [0.717, 1.165) is 38.5 Å². The van der Waals surface area contributed by atoms with Gasteiger partial charge in [-0.05, 0) is 32.1 Å². The van der Waals surface area contributed by atoms with Gasteiger partial charge >= 0.3 is 23.9 Å². The van der Waals surface area contributed by atoms with Crippen molar-refractivity contribution in [2.24, 2.45) is 0 Å². The predicted molar refractivity (Wildman–Crippen MR) is 158 cm³/mol. The molecule has 0 fully saturated rings. The van der Waals surface area contributed by atoms with Gasteiger partial charge in [-0.3, -0.25) is 23.7 Å². The maximum atomic E-state index is 11.6. The first-order valence-electron chi connectivity index (χ1n) is 15.0. The van der Waals surface area contributed by atoms with Crippen molar-refractivity contribution in [2.45, 2.75) is 123 Å². The molecule has 0 aromatic heterocycles. The number of phosphoric ester groups is 1. The Morgan fingerprint density at radius 2 is 1.13 bits per heavy atom. The summed E-state index contributed by atoms with van der Waals surface area (Å²) in [6.07, 6.45) is 4.97. The van der Waals surface area contributed by atoms with Crippen molar-refractivity contribution in [1.29, 1.82) is 0 Å². The van der Waals surface area contributed by atoms with Crippen molar-refractivity contribution >= 4 is 39.3 Å². The van der Waals surface area contributed by atoms with Gasteiger partial charge in [0.1, 0.15) is 26.4 Å². The van der Waals surface area contributed by atoms with Gasteiger partial charge in [-0.25, -0.2) is 0 Å². The number of phosphoric acid groups is 1. The zero-order valence-corrected chi connectivity index (χ0v) is 28.5. The lowest BCUT2D eigenvalue weighted by Crippen LogP contribution is -2.27. The third-order valence-corrected chi connectivity index (χ3v) is 6.57. The number of unbranched alkanes of at least 4 members (excludes halogenated alkanes) is 4. The molecule has 0 aliphatic heterocycles. The SMILES string of the molecule is CCCCC(=O)OC(=O)CCCC.CCCCC(=O)OCC(CCP(=O)([O-])O)OC(=O)CCCC.O=P([O-])(O)OCC(O)CO. The zero-order valence-electron chi connectivity index (χ0n) is 26.8. The van der Waals surface area contributed by atoms with Gasteiger partial charge < -0.3 is 53.1 Å². The Balaban J connectivity index is -0.000000649. The Hall–Kier alpha value is -1.74. The summed E-state index contributed by atoms with van der Waals surface area (Å²) in [4.78, 5) is 82.2. The summed E-state index contributed by atoms with van der Waals surface area (Å²) >= 11 is 0. The van der Waals surface area contributed by atoms with Gasteiger partial charge in [0.25, 0.3) is 7.82 Å². The van der Waals surface area contributed by atoms with E-state index in [1.165, 1.54) is 0 Å². The molecule has 0 aliphatic carbocycles. The van der Waals surface area contributed by atoms with Crippen molar-refractivity contribution in [3.05, 3.63) is 0 Å². The lowest BCUT2D eigenvalue weighted by atomic mass is 10.2. The Labute approximate surface area is 265 Å². The Morgan fingerprint density at radius 1 is 0.711 bits per heavy atom. The highest BCUT2D eigenvalue weighted by molar-refractivity contribution is 7.50. The van der Waals surface area contributed by atoms with E-state index < -0.39 is 58.9 Å². The van der Waals surface area contributed by atoms with Crippen LogP contribution in [0.15, 0.2) is 0 Å². The predicted octanol–water partition coefficient (Wildman–Crippen LogP) is 2.01. The summed E-state index contributed by atoms with van der Waals surface area (Å²) in [5, 5.41) is 16.6. The number of carbonyl (C=O) groups is 4. The van der Waals surface area contributed by atoms with E-state index in [4.69, 9.17) is 29.5 Å². The molecule has 0 aromatic carbocycles. The van der Waals surface area contributed by atoms with Crippen LogP contribution in [0.5, 0.6) is 0 Å². The fraction of sp³-hybridized carbons (Fsp3) is 0.852. The number of ether oxygens (including phenoxy) is 3. The first-order chi connectivity index (χ1) is 20.9. The summed E-state index contributed by atoms with van der Waals surface area (Å²) < 4.78 is 39.0. The van der Waals surface area contributed by atoms with Gasteiger partial charge in [-0.2, -0.15) is 0 Å². The van der Waals surface area contributed by atoms with Crippen LogP contribution in [0.3, 0.4) is 0 Å². The molecule has 4 N–H and O–H groups in total. The summed E-state index contributed by atoms with van der Waals surface area (Å²) in [5.41, 5.74) is 0. The highest BCUT2D eigenvalue weighted by atomic mass is 31.2. The fourth-order valence-corrected chi connectivity index (χ4v) is 3.71. The third kappa shape index (κ3) is 40.2. The van der Waals surface area contributed by atoms with Crippen molar-refractivity contribution in [3.8, 4) is 0 Å². The lowest BCUT2D eigenvalue weighted by Gasteiger charge is -2.21. The average Bonchev–Trinajstić information content (AvgIpc) is 2.96. The van der Waals surface area contributed by atoms with E-state index in [0.29, 0.717) is 25.7 Å². The first kappa shape index (κ1) is 47.7. The van der Waals surface area contributed by atoms with Crippen LogP contribution in [0, 0.1) is 0 Å². The van der Waals surface area contributed by atoms with Crippen LogP contribution in [0.25, 0.3) is 0 Å². The number of carbonyl (C=O) groups excluding carboxylic acids is 4. The highest BCUT2D eigenvalue weighted by Gasteiger charge is 2.19. The number of hydrogen-bond acceptors (Lipinski definition) is 14. The quantitative estimate of drug-likeness (QED) is 0.0546. The molecular formula is C27H52O16P2-2. The topological polar surface area (TPSA) is 266 Å². The average molecular weight is 695 g/mol. The van der Waals surface area contributed by atoms with E-state index in [1.807, 2.05) is 27.7 Å². The maximum absolute atomic E-state index is 11.6. The summed E-state index contributed by atoms with van der Waals surface area (Å²) in [6.45, 7) is 6.42. The molecule has 0 spiro atoms. The van der Waals surface area contributed by atoms with E-state index in [-0.39, 0.29) is 37.8 Å². The minimum Gasteiger partial charge on any atom is -0.779 e. The minimum atomic E-state index is -4.75. The maximum Gasteiger partial charge on any atom is 0.313 e. The third-order valence-electron chi connectivity index (χ3n) is 5.27. The van der Waals surface area contributed by atoms with E-state index in [2.05, 4.69) is 9.26 Å². The molecule has 268 valence electrons. The molecule has 0 bridgehead atoms. The van der Waals surface area contributed by atoms with Gasteiger partial charge in [-0.1, -0.05) is 53.4 Å². The molecular weight excluding hydrogens is 642 g/mol. The van der Waals surface area contributed by atoms with Gasteiger partial charge in [0.15, 0.2) is 0 Å². The fourth-order valence-electron chi connectivity index (χ4n) is 2.73. The van der Waals surface area contributed by atoms with Gasteiger partial charge in [0.2, 0.25) is 0 Å². The zero-order chi connectivity index (χ0) is 35.3. The minimum absolute atomic E-state index is 0.101. The van der Waals surface area contributed by atoms with Gasteiger partial charge in [0.05, 0.1) is 13.2 Å². The second-order valence-corrected chi connectivity index (χ2v) is 12.7. The molecule has 0 aliphatic rings. The van der Waals surface area contributed by atoms with E-state index in [1.54, 1.807) is 0 Å². The monoisotopic (exact) mass is 694 g/mol. The van der Waals surface area contributed by atoms with Gasteiger partial charge in [-0.15, -0.1) is 0 Å². The number of esters is 4. The molecule has 0 saturated carbocycles. The molecule has 0 amide bonds. The number of aliphatic hydroxyl groups is 2. The smallest absolute Gasteiger partial charge is 0.313 e. The summed E-state index contributed by atoms with van der Waals surface area (Å²) in [7, 11) is -9.18. The van der Waals surface area contributed by atoms with Gasteiger partial charge in [0, 0.05) is 31.8 Å². The summed E-state index contributed by atoms with van der Waals surface area (Å²) in [6, 6.07) is 0. The van der Waals surface area contributed by atoms with Crippen molar-refractivity contribution < 1.29 is 76.8 Å². The molecule has 0 aromatic rings. The Kier molecular flexibility index (Phi) is 31.4. The second-order valence-electron chi connectivity index (χ2n) is 9.81. The Bertz CT molecular complexity index is 868. The van der Waals surface area contributed by atoms with Crippen LogP contribution in [-0.2, 0) is 47.0 Å². The molecule has 0 radical (unpaired) electrons. The molecule has 18 heteroatoms. The summed E-state index contributed by atoms with van der Waals surface area (Å²) in [5.74, 6) is -1.65. The van der Waals surface area contributed by atoms with Crippen molar-refractivity contribution in [1.82, 2.24) is 0 Å². The molecule has 4 atom stereocenters. The molecule has 0 rings (SSSR count). The highest BCUT2D eigenvalue weighted by Crippen LogP contribution is 2.31. The molecule has 45 heavy (non-hydrogen) atoms. The van der Waals surface area contributed by atoms with Crippen LogP contribution in [0.4, 0.5) is 0 Å². The van der Waals surface area contributed by atoms with Crippen molar-refractivity contribution in [3.63, 3.8) is 0 Å². The van der Waals surface area contributed by atoms with Crippen LogP contribution in [0.1, 0.15) is 111 Å². The number of rotatable bonds is 22. The number of aliphatic hydroxyl groups excluding tert-OH is 2. The molecule has 16 nitrogen and oxygen atoms in total. The molecule has 0 saturated heterocycles. The standard InChI is InChI=1S/C14H27O7P.C10H18O3.C3H9O6P/c1-3-5-7-13(15)20-11-12(9-10-22(17,18)19)21-14(16)8-6-4-2;1-3-5-7-9(11)13-10(12)8-6-4-2;4-1-3(5)2-9-10(6,7)8/h12H,3-11H2,1-2H3,(H2,17,18,19);3-8H2,1-2H3;3-5H,1-2H2,(H2,6,7,8)/p-2. The molecule has 0 heterocycles. The first-order valence-corrected chi connectivity index (χ1v) is 18.3. The van der Waals surface area contributed by atoms with Crippen LogP contribution in [0.2, 0.25) is 0 Å². The van der Waals surface area contributed by atoms with E-state index in [9.17, 15) is 38.1 Å². The molecule has 4 unspecified atom stereocenters. The van der Waals surface area contributed by atoms with Crippen LogP contribution >= 0.6 is 15.4 Å². The largest absolute Gasteiger partial charge is 0.779 e.